The van der Waals surface area contributed by atoms with E-state index in [0.29, 0.717) is 17.7 Å². The summed E-state index contributed by atoms with van der Waals surface area (Å²) < 4.78 is 0. The quantitative estimate of drug-likeness (QED) is 0.871. The van der Waals surface area contributed by atoms with Gasteiger partial charge in [0.05, 0.1) is 11.6 Å². The van der Waals surface area contributed by atoms with E-state index in [-0.39, 0.29) is 5.91 Å². The average Bonchev–Trinajstić information content (AvgIpc) is 2.54. The van der Waals surface area contributed by atoms with E-state index in [1.54, 1.807) is 24.1 Å². The van der Waals surface area contributed by atoms with E-state index in [1.165, 1.54) is 0 Å². The van der Waals surface area contributed by atoms with Gasteiger partial charge in [0.15, 0.2) is 0 Å². The van der Waals surface area contributed by atoms with E-state index in [2.05, 4.69) is 6.07 Å². The summed E-state index contributed by atoms with van der Waals surface area (Å²) in [4.78, 5) is 16.1. The Hall–Kier alpha value is -2.80. The zero-order chi connectivity index (χ0) is 16.1. The van der Waals surface area contributed by atoms with Gasteiger partial charge in [0.25, 0.3) is 5.91 Å². The third-order valence-corrected chi connectivity index (χ3v) is 3.46. The molecule has 0 fully saturated rings. The topological polar surface area (TPSA) is 47.3 Å². The van der Waals surface area contributed by atoms with Crippen LogP contribution in [0, 0.1) is 11.3 Å². The number of anilines is 1. The third kappa shape index (κ3) is 3.64. The third-order valence-electron chi connectivity index (χ3n) is 3.46. The molecular weight excluding hydrogens is 274 g/mol. The Kier molecular flexibility index (Phi) is 4.80. The summed E-state index contributed by atoms with van der Waals surface area (Å²) >= 11 is 0. The van der Waals surface area contributed by atoms with E-state index in [4.69, 9.17) is 5.26 Å². The molecule has 4 heteroatoms. The number of nitrogens with zero attached hydrogens (tertiary/aromatic N) is 3. The van der Waals surface area contributed by atoms with Gasteiger partial charge in [0.2, 0.25) is 0 Å². The van der Waals surface area contributed by atoms with Crippen LogP contribution in [-0.4, -0.2) is 32.0 Å². The lowest BCUT2D eigenvalue weighted by atomic mass is 10.1. The number of carbonyl (C=O) groups is 1. The van der Waals surface area contributed by atoms with Crippen molar-refractivity contribution in [2.45, 2.75) is 6.54 Å². The van der Waals surface area contributed by atoms with Crippen LogP contribution in [0.4, 0.5) is 5.69 Å². The molecule has 4 nitrogen and oxygen atoms in total. The molecule has 0 aliphatic carbocycles. The first-order valence-corrected chi connectivity index (χ1v) is 7.03. The van der Waals surface area contributed by atoms with Gasteiger partial charge in [-0.1, -0.05) is 18.2 Å². The molecule has 0 aliphatic heterocycles. The Bertz CT molecular complexity index is 699. The summed E-state index contributed by atoms with van der Waals surface area (Å²) in [7, 11) is 5.68. The van der Waals surface area contributed by atoms with Crippen LogP contribution in [-0.2, 0) is 6.54 Å². The molecule has 112 valence electrons. The molecule has 0 aliphatic rings. The summed E-state index contributed by atoms with van der Waals surface area (Å²) in [6.45, 7) is 0.511. The zero-order valence-corrected chi connectivity index (χ0v) is 13.1. The first-order valence-electron chi connectivity index (χ1n) is 7.03. The molecule has 0 aromatic heterocycles. The maximum absolute atomic E-state index is 12.5. The molecule has 0 radical (unpaired) electrons. The van der Waals surface area contributed by atoms with Crippen LogP contribution in [0.3, 0.4) is 0 Å². The van der Waals surface area contributed by atoms with Crippen molar-refractivity contribution in [2.75, 3.05) is 26.0 Å². The smallest absolute Gasteiger partial charge is 0.253 e. The Morgan fingerprint density at radius 1 is 1.09 bits per heavy atom. The van der Waals surface area contributed by atoms with Crippen molar-refractivity contribution in [3.63, 3.8) is 0 Å². The maximum atomic E-state index is 12.5. The fourth-order valence-corrected chi connectivity index (χ4v) is 2.17. The van der Waals surface area contributed by atoms with Crippen LogP contribution in [0.15, 0.2) is 48.5 Å². The summed E-state index contributed by atoms with van der Waals surface area (Å²) in [6.07, 6.45) is 0. The van der Waals surface area contributed by atoms with Gasteiger partial charge in [0, 0.05) is 38.9 Å². The highest BCUT2D eigenvalue weighted by Gasteiger charge is 2.13. The van der Waals surface area contributed by atoms with E-state index >= 15 is 0 Å². The fraction of sp³-hybridized carbons (Fsp3) is 0.222. The number of hydrogen-bond donors (Lipinski definition) is 0. The Labute approximate surface area is 131 Å². The molecule has 0 N–H and O–H groups in total. The molecule has 0 unspecified atom stereocenters. The lowest BCUT2D eigenvalue weighted by Gasteiger charge is -2.19. The minimum Gasteiger partial charge on any atom is -0.378 e. The van der Waals surface area contributed by atoms with Crippen LogP contribution in [0.5, 0.6) is 0 Å². The first-order chi connectivity index (χ1) is 10.5. The number of carbonyl (C=O) groups excluding carboxylic acids is 1. The van der Waals surface area contributed by atoms with Crippen molar-refractivity contribution in [2.24, 2.45) is 0 Å². The van der Waals surface area contributed by atoms with Gasteiger partial charge in [-0.05, 0) is 35.9 Å². The number of nitriles is 1. The molecule has 2 rings (SSSR count). The first kappa shape index (κ1) is 15.6. The second-order valence-electron chi connectivity index (χ2n) is 5.41. The van der Waals surface area contributed by atoms with E-state index in [9.17, 15) is 4.79 Å². The fourth-order valence-electron chi connectivity index (χ4n) is 2.17. The van der Waals surface area contributed by atoms with Crippen molar-refractivity contribution in [1.29, 1.82) is 5.26 Å². The average molecular weight is 293 g/mol. The van der Waals surface area contributed by atoms with Gasteiger partial charge < -0.3 is 9.80 Å². The van der Waals surface area contributed by atoms with Crippen LogP contribution >= 0.6 is 0 Å². The highest BCUT2D eigenvalue weighted by atomic mass is 16.2. The van der Waals surface area contributed by atoms with Crippen molar-refractivity contribution in [3.05, 3.63) is 65.2 Å². The molecule has 1 amide bonds. The number of hydrogen-bond acceptors (Lipinski definition) is 3. The molecule has 0 saturated heterocycles. The van der Waals surface area contributed by atoms with Gasteiger partial charge >= 0.3 is 0 Å². The molecule has 2 aromatic rings. The summed E-state index contributed by atoms with van der Waals surface area (Å²) in [5, 5.41) is 8.80. The summed E-state index contributed by atoms with van der Waals surface area (Å²) in [5.41, 5.74) is 3.29. The van der Waals surface area contributed by atoms with Crippen molar-refractivity contribution < 1.29 is 4.79 Å². The normalized spacial score (nSPS) is 9.91. The highest BCUT2D eigenvalue weighted by molar-refractivity contribution is 5.95. The van der Waals surface area contributed by atoms with Gasteiger partial charge in [-0.25, -0.2) is 0 Å². The number of benzene rings is 2. The number of rotatable bonds is 4. The second kappa shape index (κ2) is 6.77. The molecular formula is C18H19N3O. The minimum absolute atomic E-state index is 0.0203. The molecule has 0 bridgehead atoms. The van der Waals surface area contributed by atoms with Gasteiger partial charge in [0.1, 0.15) is 0 Å². The minimum atomic E-state index is -0.0203. The van der Waals surface area contributed by atoms with Gasteiger partial charge in [-0.3, -0.25) is 4.79 Å². The van der Waals surface area contributed by atoms with Crippen LogP contribution in [0.2, 0.25) is 0 Å². The van der Waals surface area contributed by atoms with E-state index < -0.39 is 0 Å². The molecule has 0 spiro atoms. The van der Waals surface area contributed by atoms with Crippen LogP contribution in [0.1, 0.15) is 21.5 Å². The lowest BCUT2D eigenvalue weighted by Crippen LogP contribution is -2.26. The lowest BCUT2D eigenvalue weighted by molar-refractivity contribution is 0.0785. The SMILES string of the molecule is CN(Cc1ccc(C#N)cc1)C(=O)c1cccc(N(C)C)c1. The predicted molar refractivity (Wildman–Crippen MR) is 87.7 cm³/mol. The van der Waals surface area contributed by atoms with Crippen LogP contribution in [0.25, 0.3) is 0 Å². The van der Waals surface area contributed by atoms with Gasteiger partial charge in [-0.2, -0.15) is 5.26 Å². The van der Waals surface area contributed by atoms with Gasteiger partial charge in [-0.15, -0.1) is 0 Å². The van der Waals surface area contributed by atoms with Crippen molar-refractivity contribution >= 4 is 11.6 Å². The molecule has 2 aromatic carbocycles. The standard InChI is InChI=1S/C18H19N3O/c1-20(2)17-6-4-5-16(11-17)18(22)21(3)13-15-9-7-14(12-19)8-10-15/h4-11H,13H2,1-3H3. The van der Waals surface area contributed by atoms with Crippen molar-refractivity contribution in [1.82, 2.24) is 4.90 Å². The van der Waals surface area contributed by atoms with E-state index in [0.717, 1.165) is 11.3 Å². The molecule has 0 heterocycles. The Morgan fingerprint density at radius 2 is 1.77 bits per heavy atom. The largest absolute Gasteiger partial charge is 0.378 e. The summed E-state index contributed by atoms with van der Waals surface area (Å²) in [5.74, 6) is -0.0203. The summed E-state index contributed by atoms with van der Waals surface area (Å²) in [6, 6.07) is 16.9. The number of amides is 1. The monoisotopic (exact) mass is 293 g/mol. The zero-order valence-electron chi connectivity index (χ0n) is 13.1. The maximum Gasteiger partial charge on any atom is 0.253 e. The predicted octanol–water partition coefficient (Wildman–Crippen LogP) is 2.90. The van der Waals surface area contributed by atoms with E-state index in [1.807, 2.05) is 55.4 Å². The Morgan fingerprint density at radius 3 is 2.36 bits per heavy atom. The van der Waals surface area contributed by atoms with Crippen molar-refractivity contribution in [3.8, 4) is 6.07 Å². The second-order valence-corrected chi connectivity index (χ2v) is 5.41. The molecule has 22 heavy (non-hydrogen) atoms. The Balaban J connectivity index is 2.11. The molecule has 0 atom stereocenters. The van der Waals surface area contributed by atoms with Crippen LogP contribution < -0.4 is 4.90 Å². The highest BCUT2D eigenvalue weighted by Crippen LogP contribution is 2.16. The molecule has 0 saturated carbocycles.